The van der Waals surface area contributed by atoms with Crippen LogP contribution in [0, 0.1) is 0 Å². The van der Waals surface area contributed by atoms with E-state index < -0.39 is 0 Å². The van der Waals surface area contributed by atoms with Gasteiger partial charge in [0.2, 0.25) is 0 Å². The van der Waals surface area contributed by atoms with Crippen molar-refractivity contribution in [3.8, 4) is 0 Å². The molecular formula is C16H14ClN. The van der Waals surface area contributed by atoms with Crippen LogP contribution in [0.4, 0.5) is 0 Å². The summed E-state index contributed by atoms with van der Waals surface area (Å²) in [6.07, 6.45) is 3.13. The minimum Gasteiger partial charge on any atom is -0.346 e. The van der Waals surface area contributed by atoms with Gasteiger partial charge >= 0.3 is 0 Å². The van der Waals surface area contributed by atoms with Crippen molar-refractivity contribution < 1.29 is 0 Å². The van der Waals surface area contributed by atoms with Crippen molar-refractivity contribution in [2.45, 2.75) is 13.0 Å². The van der Waals surface area contributed by atoms with Crippen LogP contribution < -0.4 is 0 Å². The van der Waals surface area contributed by atoms with Crippen LogP contribution in [0.3, 0.4) is 0 Å². The van der Waals surface area contributed by atoms with Crippen molar-refractivity contribution in [1.29, 1.82) is 0 Å². The molecule has 1 heterocycles. The predicted octanol–water partition coefficient (Wildman–Crippen LogP) is 4.54. The topological polar surface area (TPSA) is 4.93 Å². The van der Waals surface area contributed by atoms with Crippen LogP contribution in [-0.2, 0) is 13.0 Å². The molecule has 0 aliphatic heterocycles. The van der Waals surface area contributed by atoms with E-state index in [0.29, 0.717) is 0 Å². The van der Waals surface area contributed by atoms with Gasteiger partial charge in [-0.15, -0.1) is 0 Å². The third-order valence-electron chi connectivity index (χ3n) is 3.22. The molecule has 0 aliphatic rings. The van der Waals surface area contributed by atoms with Crippen LogP contribution in [-0.4, -0.2) is 4.57 Å². The molecule has 0 unspecified atom stereocenters. The monoisotopic (exact) mass is 255 g/mol. The number of hydrogen-bond donors (Lipinski definition) is 0. The summed E-state index contributed by atoms with van der Waals surface area (Å²) >= 11 is 6.26. The van der Waals surface area contributed by atoms with Crippen molar-refractivity contribution in [2.75, 3.05) is 0 Å². The van der Waals surface area contributed by atoms with E-state index in [1.54, 1.807) is 0 Å². The lowest BCUT2D eigenvalue weighted by Gasteiger charge is -2.06. The molecule has 3 aromatic rings. The van der Waals surface area contributed by atoms with Gasteiger partial charge in [0, 0.05) is 18.1 Å². The number of aryl methyl sites for hydroxylation is 2. The fourth-order valence-electron chi connectivity index (χ4n) is 2.29. The van der Waals surface area contributed by atoms with Crippen molar-refractivity contribution in [1.82, 2.24) is 4.57 Å². The zero-order valence-electron chi connectivity index (χ0n) is 10.0. The third kappa shape index (κ3) is 2.14. The van der Waals surface area contributed by atoms with Gasteiger partial charge in [0.15, 0.2) is 0 Å². The summed E-state index contributed by atoms with van der Waals surface area (Å²) in [4.78, 5) is 0. The predicted molar refractivity (Wildman–Crippen MR) is 77.1 cm³/mol. The van der Waals surface area contributed by atoms with Gasteiger partial charge < -0.3 is 4.57 Å². The molecule has 0 spiro atoms. The number of benzene rings is 2. The number of fused-ring (bicyclic) bond motifs is 1. The van der Waals surface area contributed by atoms with E-state index in [4.69, 9.17) is 11.6 Å². The van der Waals surface area contributed by atoms with Crippen LogP contribution in [0.25, 0.3) is 10.9 Å². The number of rotatable bonds is 3. The highest BCUT2D eigenvalue weighted by atomic mass is 35.5. The van der Waals surface area contributed by atoms with Gasteiger partial charge in [0.25, 0.3) is 0 Å². The van der Waals surface area contributed by atoms with Crippen molar-refractivity contribution >= 4 is 22.5 Å². The van der Waals surface area contributed by atoms with E-state index in [-0.39, 0.29) is 0 Å². The fourth-order valence-corrected chi connectivity index (χ4v) is 2.59. The van der Waals surface area contributed by atoms with Crippen LogP contribution in [0.15, 0.2) is 60.8 Å². The number of halogens is 1. The maximum Gasteiger partial charge on any atom is 0.0669 e. The maximum atomic E-state index is 6.26. The van der Waals surface area contributed by atoms with Crippen LogP contribution in [0.5, 0.6) is 0 Å². The van der Waals surface area contributed by atoms with Crippen molar-refractivity contribution in [3.63, 3.8) is 0 Å². The molecule has 0 N–H and O–H groups in total. The first-order valence-electron chi connectivity index (χ1n) is 6.12. The SMILES string of the molecule is Clc1cccc2ccn(CCc3ccccc3)c12. The molecule has 0 aliphatic carbocycles. The second kappa shape index (κ2) is 4.87. The van der Waals surface area contributed by atoms with E-state index >= 15 is 0 Å². The smallest absolute Gasteiger partial charge is 0.0669 e. The summed E-state index contributed by atoms with van der Waals surface area (Å²) in [7, 11) is 0. The highest BCUT2D eigenvalue weighted by molar-refractivity contribution is 6.35. The summed E-state index contributed by atoms with van der Waals surface area (Å²) in [6, 6.07) is 18.7. The standard InChI is InChI=1S/C16H14ClN/c17-15-8-4-7-14-10-12-18(16(14)15)11-9-13-5-2-1-3-6-13/h1-8,10,12H,9,11H2. The molecule has 18 heavy (non-hydrogen) atoms. The molecule has 2 aromatic carbocycles. The first kappa shape index (κ1) is 11.4. The van der Waals surface area contributed by atoms with Gasteiger partial charge in [-0.1, -0.05) is 54.1 Å². The van der Waals surface area contributed by atoms with Gasteiger partial charge in [0.05, 0.1) is 10.5 Å². The van der Waals surface area contributed by atoms with Crippen LogP contribution in [0.2, 0.25) is 5.02 Å². The molecule has 0 saturated heterocycles. The Morgan fingerprint density at radius 2 is 1.72 bits per heavy atom. The maximum absolute atomic E-state index is 6.26. The Morgan fingerprint density at radius 1 is 0.889 bits per heavy atom. The lowest BCUT2D eigenvalue weighted by molar-refractivity contribution is 0.723. The first-order chi connectivity index (χ1) is 8.84. The summed E-state index contributed by atoms with van der Waals surface area (Å²) in [5.41, 5.74) is 2.49. The second-order valence-electron chi connectivity index (χ2n) is 4.42. The largest absolute Gasteiger partial charge is 0.346 e. The van der Waals surface area contributed by atoms with Crippen LogP contribution in [0.1, 0.15) is 5.56 Å². The van der Waals surface area contributed by atoms with Gasteiger partial charge in [-0.3, -0.25) is 0 Å². The Morgan fingerprint density at radius 3 is 2.56 bits per heavy atom. The van der Waals surface area contributed by atoms with Gasteiger partial charge in [-0.2, -0.15) is 0 Å². The Kier molecular flexibility index (Phi) is 3.07. The molecule has 2 heteroatoms. The molecule has 1 aromatic heterocycles. The normalized spacial score (nSPS) is 10.9. The molecule has 0 amide bonds. The Hall–Kier alpha value is -1.73. The minimum absolute atomic E-state index is 0.825. The van der Waals surface area contributed by atoms with Gasteiger partial charge in [0.1, 0.15) is 0 Å². The molecule has 90 valence electrons. The number of hydrogen-bond acceptors (Lipinski definition) is 0. The number of aromatic nitrogens is 1. The number of para-hydroxylation sites is 1. The minimum atomic E-state index is 0.825. The average Bonchev–Trinajstić information content (AvgIpc) is 2.82. The quantitative estimate of drug-likeness (QED) is 0.648. The van der Waals surface area contributed by atoms with E-state index in [1.807, 2.05) is 18.2 Å². The molecule has 0 bridgehead atoms. The Labute approximate surface area is 112 Å². The molecule has 0 atom stereocenters. The zero-order valence-corrected chi connectivity index (χ0v) is 10.8. The average molecular weight is 256 g/mol. The van der Waals surface area contributed by atoms with E-state index in [1.165, 1.54) is 10.9 Å². The first-order valence-corrected chi connectivity index (χ1v) is 6.50. The molecular weight excluding hydrogens is 242 g/mol. The van der Waals surface area contributed by atoms with E-state index in [9.17, 15) is 0 Å². The summed E-state index contributed by atoms with van der Waals surface area (Å²) in [5.74, 6) is 0. The molecule has 1 nitrogen and oxygen atoms in total. The van der Waals surface area contributed by atoms with Crippen molar-refractivity contribution in [2.24, 2.45) is 0 Å². The Bertz CT molecular complexity index is 655. The summed E-state index contributed by atoms with van der Waals surface area (Å²) in [6.45, 7) is 0.956. The highest BCUT2D eigenvalue weighted by Gasteiger charge is 2.04. The molecule has 3 rings (SSSR count). The number of nitrogens with zero attached hydrogens (tertiary/aromatic N) is 1. The van der Waals surface area contributed by atoms with E-state index in [0.717, 1.165) is 23.5 Å². The lowest BCUT2D eigenvalue weighted by Crippen LogP contribution is -1.99. The Balaban J connectivity index is 1.87. The summed E-state index contributed by atoms with van der Waals surface area (Å²) in [5, 5.41) is 2.03. The van der Waals surface area contributed by atoms with E-state index in [2.05, 4.69) is 47.2 Å². The van der Waals surface area contributed by atoms with Gasteiger partial charge in [-0.05, 0) is 24.1 Å². The molecule has 0 radical (unpaired) electrons. The fraction of sp³-hybridized carbons (Fsp3) is 0.125. The summed E-state index contributed by atoms with van der Waals surface area (Å²) < 4.78 is 2.23. The van der Waals surface area contributed by atoms with Gasteiger partial charge in [-0.25, -0.2) is 0 Å². The molecule has 0 fully saturated rings. The second-order valence-corrected chi connectivity index (χ2v) is 4.83. The molecule has 0 saturated carbocycles. The zero-order chi connectivity index (χ0) is 12.4. The third-order valence-corrected chi connectivity index (χ3v) is 3.53. The van der Waals surface area contributed by atoms with Crippen molar-refractivity contribution in [3.05, 3.63) is 71.4 Å². The lowest BCUT2D eigenvalue weighted by atomic mass is 10.1. The van der Waals surface area contributed by atoms with Crippen LogP contribution >= 0.6 is 11.6 Å². The highest BCUT2D eigenvalue weighted by Crippen LogP contribution is 2.24.